The minimum Gasteiger partial charge on any atom is -0.456 e. The number of rotatable bonds is 10. The normalized spacial score (nSPS) is 11.3. The van der Waals surface area contributed by atoms with Crippen LogP contribution in [0.25, 0.3) is 77.2 Å². The topological polar surface area (TPSA) is 19.6 Å². The fourth-order valence-corrected chi connectivity index (χ4v) is 9.57. The number of hydrogen-bond donors (Lipinski definition) is 0. The molecule has 3 nitrogen and oxygen atoms in total. The molecule has 0 saturated heterocycles. The highest BCUT2D eigenvalue weighted by molar-refractivity contribution is 6.17. The zero-order chi connectivity index (χ0) is 44.5. The smallest absolute Gasteiger partial charge is 0.139 e. The maximum Gasteiger partial charge on any atom is 0.139 e. The fraction of sp³-hybridized carbons (Fsp3) is 0. The van der Waals surface area contributed by atoms with Crippen molar-refractivity contribution in [2.45, 2.75) is 0 Å². The molecule has 0 aliphatic rings. The van der Waals surface area contributed by atoms with E-state index < -0.39 is 0 Å². The molecule has 12 aromatic rings. The minimum atomic E-state index is 0.797. The molecule has 0 aliphatic carbocycles. The third kappa shape index (κ3) is 7.59. The molecule has 3 heteroatoms. The van der Waals surface area contributed by atoms with E-state index in [0.717, 1.165) is 100 Å². The Hall–Kier alpha value is -8.92. The SMILES string of the molecule is c1ccc(-c2ccc(N(c3cc(N(c4ccc(-c5ccccc5)cc4)c4cccc(-c5ccccc5)c4)c4c(c3)oc3cc5ccccc5cc34)c3ccccc3-c3ccccc3)cc2)cc1. The van der Waals surface area contributed by atoms with Gasteiger partial charge in [0, 0.05) is 34.1 Å². The van der Waals surface area contributed by atoms with Gasteiger partial charge in [-0.2, -0.15) is 0 Å². The van der Waals surface area contributed by atoms with Crippen molar-refractivity contribution in [2.75, 3.05) is 9.80 Å². The first kappa shape index (κ1) is 39.7. The molecule has 316 valence electrons. The number of fused-ring (bicyclic) bond motifs is 4. The molecule has 0 saturated carbocycles. The van der Waals surface area contributed by atoms with Crippen LogP contribution in [-0.2, 0) is 0 Å². The maximum atomic E-state index is 7.09. The van der Waals surface area contributed by atoms with E-state index in [1.54, 1.807) is 0 Å². The first-order chi connectivity index (χ1) is 33.2. The van der Waals surface area contributed by atoms with E-state index in [9.17, 15) is 0 Å². The average molecular weight is 857 g/mol. The molecule has 67 heavy (non-hydrogen) atoms. The molecule has 0 amide bonds. The molecule has 1 aromatic heterocycles. The highest BCUT2D eigenvalue weighted by atomic mass is 16.3. The summed E-state index contributed by atoms with van der Waals surface area (Å²) < 4.78 is 7.09. The van der Waals surface area contributed by atoms with Gasteiger partial charge < -0.3 is 14.2 Å². The molecule has 12 rings (SSSR count). The Balaban J connectivity index is 1.15. The monoisotopic (exact) mass is 856 g/mol. The van der Waals surface area contributed by atoms with Crippen LogP contribution in [0.4, 0.5) is 34.1 Å². The van der Waals surface area contributed by atoms with Crippen molar-refractivity contribution in [3.8, 4) is 44.5 Å². The van der Waals surface area contributed by atoms with E-state index in [-0.39, 0.29) is 0 Å². The Morgan fingerprint density at radius 3 is 1.31 bits per heavy atom. The number of furan rings is 1. The van der Waals surface area contributed by atoms with Gasteiger partial charge in [0.15, 0.2) is 0 Å². The van der Waals surface area contributed by atoms with Crippen molar-refractivity contribution in [1.29, 1.82) is 0 Å². The molecule has 1 heterocycles. The fourth-order valence-electron chi connectivity index (χ4n) is 9.57. The predicted octanol–water partition coefficient (Wildman–Crippen LogP) is 18.3. The van der Waals surface area contributed by atoms with Crippen molar-refractivity contribution in [1.82, 2.24) is 0 Å². The van der Waals surface area contributed by atoms with Crippen LogP contribution in [0.5, 0.6) is 0 Å². The quantitative estimate of drug-likeness (QED) is 0.137. The van der Waals surface area contributed by atoms with Crippen LogP contribution in [0.2, 0.25) is 0 Å². The molecule has 0 radical (unpaired) electrons. The summed E-state index contributed by atoms with van der Waals surface area (Å²) in [6.07, 6.45) is 0. The third-order valence-electron chi connectivity index (χ3n) is 12.8. The van der Waals surface area contributed by atoms with Gasteiger partial charge in [-0.05, 0) is 110 Å². The van der Waals surface area contributed by atoms with E-state index in [1.807, 2.05) is 0 Å². The van der Waals surface area contributed by atoms with Gasteiger partial charge in [-0.25, -0.2) is 0 Å². The third-order valence-corrected chi connectivity index (χ3v) is 12.8. The molecule has 11 aromatic carbocycles. The summed E-state index contributed by atoms with van der Waals surface area (Å²) in [6, 6.07) is 95.6. The first-order valence-electron chi connectivity index (χ1n) is 22.8. The zero-order valence-electron chi connectivity index (χ0n) is 36.7. The van der Waals surface area contributed by atoms with Gasteiger partial charge in [0.05, 0.1) is 22.4 Å². The standard InChI is InChI=1S/C64H44N2O/c1-5-18-45(19-6-1)48-32-36-54(37-33-48)65(56-29-17-28-51(40-56)47-22-9-3-10-23-47)61-43-57(44-63-64(61)59-41-52-26-13-14-27-53(52)42-62(59)67-63)66(55-38-34-49(35-39-55)46-20-7-2-8-21-46)60-31-16-15-30-58(60)50-24-11-4-12-25-50/h1-44H. The number of nitrogens with zero attached hydrogens (tertiary/aromatic N) is 2. The summed E-state index contributed by atoms with van der Waals surface area (Å²) in [5, 5.41) is 4.40. The van der Waals surface area contributed by atoms with Gasteiger partial charge in [0.1, 0.15) is 11.2 Å². The van der Waals surface area contributed by atoms with Crippen LogP contribution in [0.3, 0.4) is 0 Å². The summed E-state index contributed by atoms with van der Waals surface area (Å²) in [6.45, 7) is 0. The molecule has 0 atom stereocenters. The van der Waals surface area contributed by atoms with Gasteiger partial charge >= 0.3 is 0 Å². The Bertz CT molecular complexity index is 3660. The molecular formula is C64H44N2O. The Kier molecular flexibility index (Phi) is 10.2. The van der Waals surface area contributed by atoms with Crippen LogP contribution in [-0.4, -0.2) is 0 Å². The van der Waals surface area contributed by atoms with Crippen molar-refractivity contribution >= 4 is 66.8 Å². The second kappa shape index (κ2) is 17.2. The molecule has 0 spiro atoms. The molecule has 0 N–H and O–H groups in total. The summed E-state index contributed by atoms with van der Waals surface area (Å²) >= 11 is 0. The number of hydrogen-bond acceptors (Lipinski definition) is 3. The van der Waals surface area contributed by atoms with E-state index in [1.165, 1.54) is 11.1 Å². The maximum absolute atomic E-state index is 7.09. The lowest BCUT2D eigenvalue weighted by Crippen LogP contribution is -2.14. The lowest BCUT2D eigenvalue weighted by atomic mass is 9.99. The first-order valence-corrected chi connectivity index (χ1v) is 22.8. The number of benzene rings is 11. The van der Waals surface area contributed by atoms with Crippen LogP contribution in [0, 0.1) is 0 Å². The van der Waals surface area contributed by atoms with Crippen LogP contribution < -0.4 is 9.80 Å². The molecule has 0 bridgehead atoms. The number of anilines is 6. The highest BCUT2D eigenvalue weighted by Gasteiger charge is 2.26. The van der Waals surface area contributed by atoms with Gasteiger partial charge in [-0.15, -0.1) is 0 Å². The van der Waals surface area contributed by atoms with Crippen molar-refractivity contribution in [3.63, 3.8) is 0 Å². The van der Waals surface area contributed by atoms with Crippen molar-refractivity contribution in [2.24, 2.45) is 0 Å². The van der Waals surface area contributed by atoms with Crippen molar-refractivity contribution in [3.05, 3.63) is 267 Å². The second-order valence-electron chi connectivity index (χ2n) is 16.9. The summed E-state index contributed by atoms with van der Waals surface area (Å²) in [7, 11) is 0. The average Bonchev–Trinajstić information content (AvgIpc) is 3.77. The molecule has 0 unspecified atom stereocenters. The lowest BCUT2D eigenvalue weighted by molar-refractivity contribution is 0.669. The molecular weight excluding hydrogens is 813 g/mol. The summed E-state index contributed by atoms with van der Waals surface area (Å²) in [4.78, 5) is 4.80. The van der Waals surface area contributed by atoms with E-state index >= 15 is 0 Å². The Labute approximate surface area is 390 Å². The van der Waals surface area contributed by atoms with Gasteiger partial charge in [0.2, 0.25) is 0 Å². The van der Waals surface area contributed by atoms with E-state index in [4.69, 9.17) is 4.42 Å². The van der Waals surface area contributed by atoms with Crippen molar-refractivity contribution < 1.29 is 4.42 Å². The zero-order valence-corrected chi connectivity index (χ0v) is 36.7. The molecule has 0 aliphatic heterocycles. The van der Waals surface area contributed by atoms with Gasteiger partial charge in [-0.1, -0.05) is 200 Å². The summed E-state index contributed by atoms with van der Waals surface area (Å²) in [5.74, 6) is 0. The van der Waals surface area contributed by atoms with E-state index in [2.05, 4.69) is 277 Å². The lowest BCUT2D eigenvalue weighted by Gasteiger charge is -2.31. The predicted molar refractivity (Wildman–Crippen MR) is 282 cm³/mol. The van der Waals surface area contributed by atoms with Gasteiger partial charge in [-0.3, -0.25) is 0 Å². The Morgan fingerprint density at radius 2 is 0.716 bits per heavy atom. The van der Waals surface area contributed by atoms with Crippen LogP contribution in [0.1, 0.15) is 0 Å². The largest absolute Gasteiger partial charge is 0.456 e. The van der Waals surface area contributed by atoms with Crippen LogP contribution in [0.15, 0.2) is 271 Å². The Morgan fingerprint density at radius 1 is 0.254 bits per heavy atom. The highest BCUT2D eigenvalue weighted by Crippen LogP contribution is 2.50. The summed E-state index contributed by atoms with van der Waals surface area (Å²) in [5.41, 5.74) is 17.0. The van der Waals surface area contributed by atoms with Crippen LogP contribution >= 0.6 is 0 Å². The number of para-hydroxylation sites is 1. The second-order valence-corrected chi connectivity index (χ2v) is 16.9. The van der Waals surface area contributed by atoms with E-state index in [0.29, 0.717) is 0 Å². The minimum absolute atomic E-state index is 0.797. The van der Waals surface area contributed by atoms with Gasteiger partial charge in [0.25, 0.3) is 0 Å². The molecule has 0 fully saturated rings.